The van der Waals surface area contributed by atoms with E-state index in [4.69, 9.17) is 11.6 Å². The third-order valence-electron chi connectivity index (χ3n) is 5.89. The van der Waals surface area contributed by atoms with Gasteiger partial charge in [0.25, 0.3) is 0 Å². The Kier molecular flexibility index (Phi) is 6.28. The Hall–Kier alpha value is -1.91. The van der Waals surface area contributed by atoms with Crippen LogP contribution in [-0.4, -0.2) is 35.3 Å². The number of carbonyl (C=O) groups is 1. The lowest BCUT2D eigenvalue weighted by Crippen LogP contribution is -2.32. The maximum atomic E-state index is 12.0. The fourth-order valence-electron chi connectivity index (χ4n) is 4.02. The van der Waals surface area contributed by atoms with E-state index in [1.165, 1.54) is 31.2 Å². The van der Waals surface area contributed by atoms with Gasteiger partial charge in [0.15, 0.2) is 5.78 Å². The highest BCUT2D eigenvalue weighted by Crippen LogP contribution is 2.33. The van der Waals surface area contributed by atoms with Crippen molar-refractivity contribution in [2.45, 2.75) is 44.6 Å². The van der Waals surface area contributed by atoms with Crippen molar-refractivity contribution in [1.82, 2.24) is 9.88 Å². The number of piperidine rings is 1. The van der Waals surface area contributed by atoms with Crippen molar-refractivity contribution in [2.75, 3.05) is 25.0 Å². The van der Waals surface area contributed by atoms with E-state index in [0.29, 0.717) is 35.6 Å². The molecule has 4 nitrogen and oxygen atoms in total. The van der Waals surface area contributed by atoms with Crippen molar-refractivity contribution >= 4 is 23.2 Å². The highest BCUT2D eigenvalue weighted by Gasteiger charge is 2.24. The molecule has 0 atom stereocenters. The molecule has 0 bridgehead atoms. The number of halogens is 1. The number of pyridine rings is 1. The maximum absolute atomic E-state index is 12.0. The number of rotatable bonds is 8. The van der Waals surface area contributed by atoms with Gasteiger partial charge in [-0.25, -0.2) is 4.98 Å². The number of hydrogen-bond donors (Lipinski definition) is 1. The number of nitrogens with zero attached hydrogens (tertiary/aromatic N) is 2. The molecular weight excluding hydrogens is 370 g/mol. The molecule has 148 valence electrons. The van der Waals surface area contributed by atoms with E-state index in [-0.39, 0.29) is 5.78 Å². The lowest BCUT2D eigenvalue weighted by atomic mass is 9.89. The number of nitrogens with one attached hydrogen (secondary N) is 1. The van der Waals surface area contributed by atoms with Crippen LogP contribution in [0.25, 0.3) is 0 Å². The summed E-state index contributed by atoms with van der Waals surface area (Å²) in [7, 11) is 0. The van der Waals surface area contributed by atoms with Gasteiger partial charge in [-0.05, 0) is 67.8 Å². The van der Waals surface area contributed by atoms with Crippen molar-refractivity contribution in [1.29, 1.82) is 0 Å². The van der Waals surface area contributed by atoms with Gasteiger partial charge in [-0.1, -0.05) is 41.9 Å². The first-order valence-corrected chi connectivity index (χ1v) is 10.7. The third-order valence-corrected chi connectivity index (χ3v) is 6.31. The molecule has 1 aromatic heterocycles. The van der Waals surface area contributed by atoms with E-state index >= 15 is 0 Å². The van der Waals surface area contributed by atoms with E-state index in [1.54, 1.807) is 6.20 Å². The predicted octanol–water partition coefficient (Wildman–Crippen LogP) is 4.90. The second kappa shape index (κ2) is 9.06. The van der Waals surface area contributed by atoms with Crippen molar-refractivity contribution < 1.29 is 4.79 Å². The SMILES string of the molecule is O=C(CNc1nccc(CN2CCC(c3ccccc3)CC2)c1Cl)CC1CC1. The number of likely N-dealkylation sites (tertiary alicyclic amines) is 1. The zero-order chi connectivity index (χ0) is 19.3. The van der Waals surface area contributed by atoms with Crippen LogP contribution >= 0.6 is 11.6 Å². The number of ketones is 1. The normalized spacial score (nSPS) is 18.2. The summed E-state index contributed by atoms with van der Waals surface area (Å²) >= 11 is 6.59. The van der Waals surface area contributed by atoms with Crippen molar-refractivity contribution in [3.05, 3.63) is 58.7 Å². The zero-order valence-corrected chi connectivity index (χ0v) is 17.0. The summed E-state index contributed by atoms with van der Waals surface area (Å²) in [5.74, 6) is 2.14. The van der Waals surface area contributed by atoms with Crippen LogP contribution in [-0.2, 0) is 11.3 Å². The number of carbonyl (C=O) groups excluding carboxylic acids is 1. The molecular formula is C23H28ClN3O. The van der Waals surface area contributed by atoms with Crippen molar-refractivity contribution in [3.63, 3.8) is 0 Å². The van der Waals surface area contributed by atoms with Crippen molar-refractivity contribution in [2.24, 2.45) is 5.92 Å². The van der Waals surface area contributed by atoms with Crippen LogP contribution in [0.15, 0.2) is 42.6 Å². The molecule has 1 saturated heterocycles. The molecule has 0 spiro atoms. The summed E-state index contributed by atoms with van der Waals surface area (Å²) in [4.78, 5) is 18.8. The fraction of sp³-hybridized carbons (Fsp3) is 0.478. The van der Waals surface area contributed by atoms with Crippen molar-refractivity contribution in [3.8, 4) is 0 Å². The van der Waals surface area contributed by atoms with Gasteiger partial charge >= 0.3 is 0 Å². The number of Topliss-reactive ketones (excluding diaryl/α,β-unsaturated/α-hetero) is 1. The van der Waals surface area contributed by atoms with Gasteiger partial charge in [0.05, 0.1) is 11.6 Å². The molecule has 2 aromatic rings. The maximum Gasteiger partial charge on any atom is 0.152 e. The molecule has 0 amide bonds. The van der Waals surface area contributed by atoms with Gasteiger partial charge in [-0.2, -0.15) is 0 Å². The Balaban J connectivity index is 1.30. The highest BCUT2D eigenvalue weighted by atomic mass is 35.5. The second-order valence-corrected chi connectivity index (χ2v) is 8.51. The van der Waals surface area contributed by atoms with Gasteiger partial charge in [0.1, 0.15) is 5.82 Å². The molecule has 1 aliphatic heterocycles. The van der Waals surface area contributed by atoms with Crippen LogP contribution in [0.4, 0.5) is 5.82 Å². The number of benzene rings is 1. The molecule has 0 radical (unpaired) electrons. The van der Waals surface area contributed by atoms with Crippen LogP contribution in [0.1, 0.15) is 49.1 Å². The average Bonchev–Trinajstić information content (AvgIpc) is 3.54. The smallest absolute Gasteiger partial charge is 0.152 e. The molecule has 1 N–H and O–H groups in total. The molecule has 1 aromatic carbocycles. The van der Waals surface area contributed by atoms with Gasteiger partial charge in [0, 0.05) is 19.2 Å². The molecule has 1 aliphatic carbocycles. The molecule has 4 rings (SSSR count). The molecule has 1 saturated carbocycles. The van der Waals surface area contributed by atoms with Crippen LogP contribution in [0.5, 0.6) is 0 Å². The van der Waals surface area contributed by atoms with E-state index in [0.717, 1.165) is 25.2 Å². The van der Waals surface area contributed by atoms with Crippen LogP contribution in [0.2, 0.25) is 5.02 Å². The Morgan fingerprint density at radius 3 is 2.57 bits per heavy atom. The summed E-state index contributed by atoms with van der Waals surface area (Å²) < 4.78 is 0. The van der Waals surface area contributed by atoms with E-state index in [2.05, 4.69) is 45.5 Å². The Morgan fingerprint density at radius 2 is 1.86 bits per heavy atom. The number of anilines is 1. The summed E-state index contributed by atoms with van der Waals surface area (Å²) in [5, 5.41) is 3.79. The van der Waals surface area contributed by atoms with Crippen LogP contribution in [0, 0.1) is 5.92 Å². The quantitative estimate of drug-likeness (QED) is 0.688. The predicted molar refractivity (Wildman–Crippen MR) is 114 cm³/mol. The molecule has 28 heavy (non-hydrogen) atoms. The minimum atomic E-state index is 0.244. The molecule has 2 heterocycles. The van der Waals surface area contributed by atoms with E-state index < -0.39 is 0 Å². The summed E-state index contributed by atoms with van der Waals surface area (Å²) in [6.07, 6.45) is 7.20. The summed E-state index contributed by atoms with van der Waals surface area (Å²) in [6.45, 7) is 3.28. The second-order valence-electron chi connectivity index (χ2n) is 8.13. The largest absolute Gasteiger partial charge is 0.362 e. The number of aromatic nitrogens is 1. The number of hydrogen-bond acceptors (Lipinski definition) is 4. The first-order valence-electron chi connectivity index (χ1n) is 10.4. The Labute approximate surface area is 172 Å². The molecule has 2 fully saturated rings. The monoisotopic (exact) mass is 397 g/mol. The molecule has 2 aliphatic rings. The lowest BCUT2D eigenvalue weighted by molar-refractivity contribution is -0.117. The molecule has 5 heteroatoms. The van der Waals surface area contributed by atoms with Gasteiger partial charge in [0.2, 0.25) is 0 Å². The van der Waals surface area contributed by atoms with E-state index in [1.807, 2.05) is 6.07 Å². The standard InChI is InChI=1S/C23H28ClN3O/c24-22-20(8-11-25-23(22)26-15-21(28)14-17-6-7-17)16-27-12-9-19(10-13-27)18-4-2-1-3-5-18/h1-5,8,11,17,19H,6-7,9-10,12-16H2,(H,25,26). The van der Waals surface area contributed by atoms with E-state index in [9.17, 15) is 4.79 Å². The fourth-order valence-corrected chi connectivity index (χ4v) is 4.26. The average molecular weight is 398 g/mol. The molecule has 0 unspecified atom stereocenters. The van der Waals surface area contributed by atoms with Gasteiger partial charge in [-0.3, -0.25) is 9.69 Å². The minimum absolute atomic E-state index is 0.244. The Morgan fingerprint density at radius 1 is 1.11 bits per heavy atom. The zero-order valence-electron chi connectivity index (χ0n) is 16.2. The lowest BCUT2D eigenvalue weighted by Gasteiger charge is -2.32. The minimum Gasteiger partial charge on any atom is -0.362 e. The highest BCUT2D eigenvalue weighted by molar-refractivity contribution is 6.33. The topological polar surface area (TPSA) is 45.2 Å². The van der Waals surface area contributed by atoms with Crippen LogP contribution < -0.4 is 5.32 Å². The first kappa shape index (κ1) is 19.4. The van der Waals surface area contributed by atoms with Crippen LogP contribution in [0.3, 0.4) is 0 Å². The summed E-state index contributed by atoms with van der Waals surface area (Å²) in [5.41, 5.74) is 2.53. The summed E-state index contributed by atoms with van der Waals surface area (Å²) in [6, 6.07) is 12.8. The Bertz CT molecular complexity index is 799. The van der Waals surface area contributed by atoms with Gasteiger partial charge < -0.3 is 5.32 Å². The van der Waals surface area contributed by atoms with Gasteiger partial charge in [-0.15, -0.1) is 0 Å². The third kappa shape index (κ3) is 5.12. The first-order chi connectivity index (χ1) is 13.7.